The highest BCUT2D eigenvalue weighted by Gasteiger charge is 2.07. The summed E-state index contributed by atoms with van der Waals surface area (Å²) >= 11 is 2.36. The molecule has 0 aliphatic rings. The first kappa shape index (κ1) is 11.3. The SMILES string of the molecule is O=Cc1ccc(Sc2cc(F)ccc2F)s1. The summed E-state index contributed by atoms with van der Waals surface area (Å²) in [5.41, 5.74) is 0. The Balaban J connectivity index is 2.26. The second-order valence-electron chi connectivity index (χ2n) is 2.95. The Labute approximate surface area is 99.1 Å². The minimum atomic E-state index is -0.476. The van der Waals surface area contributed by atoms with Crippen LogP contribution in [0.4, 0.5) is 8.78 Å². The van der Waals surface area contributed by atoms with E-state index in [9.17, 15) is 13.6 Å². The molecule has 0 N–H and O–H groups in total. The lowest BCUT2D eigenvalue weighted by molar-refractivity contribution is 0.112. The lowest BCUT2D eigenvalue weighted by Gasteiger charge is -2.00. The highest BCUT2D eigenvalue weighted by molar-refractivity contribution is 8.01. The zero-order chi connectivity index (χ0) is 11.5. The lowest BCUT2D eigenvalue weighted by Crippen LogP contribution is -1.82. The van der Waals surface area contributed by atoms with Gasteiger partial charge in [0.1, 0.15) is 11.6 Å². The molecule has 0 fully saturated rings. The standard InChI is InChI=1S/C11H6F2OS2/c12-7-1-3-9(13)10(5-7)16-11-4-2-8(6-14)15-11/h1-6H. The van der Waals surface area contributed by atoms with Crippen molar-refractivity contribution in [3.05, 3.63) is 46.8 Å². The van der Waals surface area contributed by atoms with Crippen LogP contribution in [0.2, 0.25) is 0 Å². The molecule has 1 aromatic heterocycles. The highest BCUT2D eigenvalue weighted by Crippen LogP contribution is 2.34. The Morgan fingerprint density at radius 1 is 1.19 bits per heavy atom. The summed E-state index contributed by atoms with van der Waals surface area (Å²) in [6.07, 6.45) is 0.733. The van der Waals surface area contributed by atoms with Gasteiger partial charge >= 0.3 is 0 Å². The van der Waals surface area contributed by atoms with Crippen LogP contribution in [0.15, 0.2) is 39.4 Å². The monoisotopic (exact) mass is 256 g/mol. The molecule has 1 aromatic carbocycles. The van der Waals surface area contributed by atoms with Crippen molar-refractivity contribution >= 4 is 29.4 Å². The first-order valence-electron chi connectivity index (χ1n) is 4.37. The van der Waals surface area contributed by atoms with Gasteiger partial charge in [0, 0.05) is 0 Å². The maximum atomic E-state index is 13.3. The summed E-state index contributed by atoms with van der Waals surface area (Å²) in [5, 5.41) is 0. The molecule has 5 heteroatoms. The molecule has 0 radical (unpaired) electrons. The van der Waals surface area contributed by atoms with Crippen molar-refractivity contribution < 1.29 is 13.6 Å². The quantitative estimate of drug-likeness (QED) is 0.772. The van der Waals surface area contributed by atoms with Crippen molar-refractivity contribution in [1.29, 1.82) is 0 Å². The molecule has 1 heterocycles. The molecular weight excluding hydrogens is 250 g/mol. The molecule has 82 valence electrons. The van der Waals surface area contributed by atoms with Gasteiger partial charge in [0.25, 0.3) is 0 Å². The molecule has 0 amide bonds. The molecule has 2 aromatic rings. The lowest BCUT2D eigenvalue weighted by atomic mass is 10.3. The molecule has 0 aliphatic heterocycles. The third-order valence-electron chi connectivity index (χ3n) is 1.82. The van der Waals surface area contributed by atoms with E-state index in [2.05, 4.69) is 0 Å². The minimum absolute atomic E-state index is 0.222. The average Bonchev–Trinajstić information content (AvgIpc) is 2.71. The Kier molecular flexibility index (Phi) is 3.36. The maximum absolute atomic E-state index is 13.3. The van der Waals surface area contributed by atoms with Crippen LogP contribution in [0.1, 0.15) is 9.67 Å². The van der Waals surface area contributed by atoms with Crippen molar-refractivity contribution in [1.82, 2.24) is 0 Å². The Morgan fingerprint density at radius 3 is 2.69 bits per heavy atom. The second-order valence-corrected chi connectivity index (χ2v) is 5.41. The topological polar surface area (TPSA) is 17.1 Å². The van der Waals surface area contributed by atoms with E-state index < -0.39 is 11.6 Å². The van der Waals surface area contributed by atoms with Gasteiger partial charge in [-0.15, -0.1) is 11.3 Å². The zero-order valence-corrected chi connectivity index (χ0v) is 9.58. The second kappa shape index (κ2) is 4.76. The summed E-state index contributed by atoms with van der Waals surface area (Å²) in [6, 6.07) is 6.66. The van der Waals surface area contributed by atoms with E-state index >= 15 is 0 Å². The number of hydrogen-bond donors (Lipinski definition) is 0. The van der Waals surface area contributed by atoms with E-state index in [0.717, 1.165) is 40.5 Å². The van der Waals surface area contributed by atoms with Gasteiger partial charge in [-0.25, -0.2) is 8.78 Å². The molecule has 16 heavy (non-hydrogen) atoms. The Morgan fingerprint density at radius 2 is 2.00 bits per heavy atom. The first-order valence-corrected chi connectivity index (χ1v) is 6.00. The van der Waals surface area contributed by atoms with E-state index in [1.807, 2.05) is 0 Å². The number of rotatable bonds is 3. The van der Waals surface area contributed by atoms with Crippen LogP contribution in [0.3, 0.4) is 0 Å². The average molecular weight is 256 g/mol. The number of hydrogen-bond acceptors (Lipinski definition) is 3. The highest BCUT2D eigenvalue weighted by atomic mass is 32.2. The molecule has 1 nitrogen and oxygen atoms in total. The maximum Gasteiger partial charge on any atom is 0.160 e. The van der Waals surface area contributed by atoms with Gasteiger partial charge in [-0.3, -0.25) is 4.79 Å². The van der Waals surface area contributed by atoms with Gasteiger partial charge in [-0.2, -0.15) is 0 Å². The number of halogens is 2. The van der Waals surface area contributed by atoms with Crippen LogP contribution in [-0.4, -0.2) is 6.29 Å². The molecule has 0 saturated carbocycles. The van der Waals surface area contributed by atoms with Gasteiger partial charge in [0.2, 0.25) is 0 Å². The molecule has 0 atom stereocenters. The van der Waals surface area contributed by atoms with Gasteiger partial charge in [-0.1, -0.05) is 11.8 Å². The molecule has 0 unspecified atom stereocenters. The van der Waals surface area contributed by atoms with E-state index in [1.165, 1.54) is 11.3 Å². The van der Waals surface area contributed by atoms with Crippen molar-refractivity contribution in [2.75, 3.05) is 0 Å². The first-order chi connectivity index (χ1) is 7.69. The van der Waals surface area contributed by atoms with Crippen LogP contribution >= 0.6 is 23.1 Å². The van der Waals surface area contributed by atoms with E-state index in [-0.39, 0.29) is 4.90 Å². The van der Waals surface area contributed by atoms with Crippen molar-refractivity contribution in [3.8, 4) is 0 Å². The van der Waals surface area contributed by atoms with Gasteiger partial charge in [0.15, 0.2) is 6.29 Å². The van der Waals surface area contributed by atoms with Crippen molar-refractivity contribution in [2.24, 2.45) is 0 Å². The third-order valence-corrected chi connectivity index (χ3v) is 4.00. The van der Waals surface area contributed by atoms with Gasteiger partial charge in [-0.05, 0) is 30.3 Å². The van der Waals surface area contributed by atoms with Crippen molar-refractivity contribution in [2.45, 2.75) is 9.10 Å². The predicted molar refractivity (Wildman–Crippen MR) is 60.2 cm³/mol. The Hall–Kier alpha value is -1.20. The largest absolute Gasteiger partial charge is 0.297 e. The third kappa shape index (κ3) is 2.48. The van der Waals surface area contributed by atoms with Crippen LogP contribution < -0.4 is 0 Å². The van der Waals surface area contributed by atoms with E-state index in [4.69, 9.17) is 0 Å². The number of carbonyl (C=O) groups is 1. The van der Waals surface area contributed by atoms with Crippen LogP contribution in [-0.2, 0) is 0 Å². The molecule has 0 aliphatic carbocycles. The number of aldehydes is 1. The molecular formula is C11H6F2OS2. The fourth-order valence-electron chi connectivity index (χ4n) is 1.12. The van der Waals surface area contributed by atoms with Crippen LogP contribution in [0.25, 0.3) is 0 Å². The summed E-state index contributed by atoms with van der Waals surface area (Å²) in [5.74, 6) is -0.941. The predicted octanol–water partition coefficient (Wildman–Crippen LogP) is 3.99. The fraction of sp³-hybridized carbons (Fsp3) is 0. The van der Waals surface area contributed by atoms with E-state index in [0.29, 0.717) is 4.88 Å². The van der Waals surface area contributed by atoms with E-state index in [1.54, 1.807) is 12.1 Å². The molecule has 2 rings (SSSR count). The normalized spacial score (nSPS) is 10.4. The summed E-state index contributed by atoms with van der Waals surface area (Å²) in [4.78, 5) is 11.3. The van der Waals surface area contributed by atoms with Crippen LogP contribution in [0.5, 0.6) is 0 Å². The number of carbonyl (C=O) groups excluding carboxylic acids is 1. The fourth-order valence-corrected chi connectivity index (χ4v) is 3.08. The summed E-state index contributed by atoms with van der Waals surface area (Å²) in [7, 11) is 0. The number of thiophene rings is 1. The van der Waals surface area contributed by atoms with Gasteiger partial charge in [0.05, 0.1) is 14.0 Å². The zero-order valence-electron chi connectivity index (χ0n) is 7.94. The smallest absolute Gasteiger partial charge is 0.160 e. The summed E-state index contributed by atoms with van der Waals surface area (Å²) < 4.78 is 26.9. The molecule has 0 spiro atoms. The van der Waals surface area contributed by atoms with Gasteiger partial charge < -0.3 is 0 Å². The minimum Gasteiger partial charge on any atom is -0.297 e. The summed E-state index contributed by atoms with van der Waals surface area (Å²) in [6.45, 7) is 0. The Bertz CT molecular complexity index is 522. The molecule has 0 saturated heterocycles. The number of benzene rings is 1. The van der Waals surface area contributed by atoms with Crippen molar-refractivity contribution in [3.63, 3.8) is 0 Å². The molecule has 0 bridgehead atoms. The van der Waals surface area contributed by atoms with Crippen LogP contribution in [0, 0.1) is 11.6 Å².